The molecule has 0 spiro atoms. The number of rotatable bonds is 43. The van der Waals surface area contributed by atoms with Crippen molar-refractivity contribution in [2.24, 2.45) is 5.92 Å². The van der Waals surface area contributed by atoms with Crippen LogP contribution in [0.3, 0.4) is 0 Å². The van der Waals surface area contributed by atoms with Gasteiger partial charge in [-0.3, -0.25) is 0 Å². The first-order chi connectivity index (χ1) is 29.0. The van der Waals surface area contributed by atoms with Crippen LogP contribution in [0.2, 0.25) is 0 Å². The molecular formula is C53H94O6. The van der Waals surface area contributed by atoms with Crippen LogP contribution in [-0.2, 0) is 14.2 Å². The van der Waals surface area contributed by atoms with E-state index in [1.807, 2.05) is 0 Å². The average molecular weight is 827 g/mol. The zero-order valence-electron chi connectivity index (χ0n) is 39.3. The minimum atomic E-state index is -0.593. The number of carbonyl (C=O) groups excluding carboxylic acids is 3. The number of esters is 3. The molecule has 0 saturated heterocycles. The second kappa shape index (κ2) is 41.0. The molecule has 0 aromatic heterocycles. The quantitative estimate of drug-likeness (QED) is 0.0371. The molecule has 0 amide bonds. The first-order valence-corrected chi connectivity index (χ1v) is 25.6. The molecule has 0 heterocycles. The van der Waals surface area contributed by atoms with Gasteiger partial charge in [-0.1, -0.05) is 240 Å². The van der Waals surface area contributed by atoms with E-state index in [9.17, 15) is 14.4 Å². The zero-order chi connectivity index (χ0) is 42.9. The number of carbonyl (C=O) groups is 3. The summed E-state index contributed by atoms with van der Waals surface area (Å²) in [6.07, 6.45) is 45.2. The number of unbranched alkanes of at least 4 members (excludes halogenated alkanes) is 31. The maximum absolute atomic E-state index is 13.4. The molecule has 0 fully saturated rings. The molecule has 59 heavy (non-hydrogen) atoms. The van der Waals surface area contributed by atoms with E-state index in [2.05, 4.69) is 27.7 Å². The van der Waals surface area contributed by atoms with Crippen molar-refractivity contribution in [3.63, 3.8) is 0 Å². The fourth-order valence-corrected chi connectivity index (χ4v) is 7.98. The van der Waals surface area contributed by atoms with E-state index in [-0.39, 0.29) is 23.3 Å². The highest BCUT2D eigenvalue weighted by Crippen LogP contribution is 2.20. The Labute approximate surface area is 364 Å². The lowest BCUT2D eigenvalue weighted by Crippen LogP contribution is -2.18. The van der Waals surface area contributed by atoms with Crippen LogP contribution < -0.4 is 0 Å². The minimum Gasteiger partial charge on any atom is -0.462 e. The summed E-state index contributed by atoms with van der Waals surface area (Å²) in [5.41, 5.74) is 0.467. The van der Waals surface area contributed by atoms with Gasteiger partial charge in [-0.15, -0.1) is 0 Å². The van der Waals surface area contributed by atoms with Crippen LogP contribution in [-0.4, -0.2) is 37.7 Å². The van der Waals surface area contributed by atoms with E-state index in [4.69, 9.17) is 14.2 Å². The molecule has 0 aliphatic heterocycles. The Bertz CT molecular complexity index is 1130. The molecule has 6 nitrogen and oxygen atoms in total. The molecule has 0 aliphatic rings. The van der Waals surface area contributed by atoms with E-state index in [0.29, 0.717) is 19.1 Å². The maximum Gasteiger partial charge on any atom is 0.339 e. The third-order valence-electron chi connectivity index (χ3n) is 12.2. The highest BCUT2D eigenvalue weighted by atomic mass is 16.5. The van der Waals surface area contributed by atoms with Crippen LogP contribution in [0.25, 0.3) is 0 Å². The van der Waals surface area contributed by atoms with Crippen molar-refractivity contribution in [2.45, 2.75) is 259 Å². The standard InChI is InChI=1S/C53H94O6/c1-5-9-12-14-16-18-20-22-24-26-28-30-32-34-36-38-43-57-52(55)49-42-41-48(51(54)59-46-47(8-4)40-11-7-3)45-50(49)53(56)58-44-39-37-35-33-31-29-27-25-23-21-19-17-15-13-10-6-2/h41-42,45,47H,5-40,43-44,46H2,1-4H3. The lowest BCUT2D eigenvalue weighted by Gasteiger charge is -2.15. The van der Waals surface area contributed by atoms with Crippen molar-refractivity contribution >= 4 is 17.9 Å². The first-order valence-electron chi connectivity index (χ1n) is 25.6. The summed E-state index contributed by atoms with van der Waals surface area (Å²) < 4.78 is 17.0. The Morgan fingerprint density at radius 3 is 1.08 bits per heavy atom. The fourth-order valence-electron chi connectivity index (χ4n) is 7.98. The highest BCUT2D eigenvalue weighted by molar-refractivity contribution is 6.05. The monoisotopic (exact) mass is 827 g/mol. The lowest BCUT2D eigenvalue weighted by atomic mass is 10.0. The van der Waals surface area contributed by atoms with E-state index in [1.54, 1.807) is 6.07 Å². The van der Waals surface area contributed by atoms with Gasteiger partial charge >= 0.3 is 17.9 Å². The Kier molecular flexibility index (Phi) is 38.0. The molecule has 0 bridgehead atoms. The van der Waals surface area contributed by atoms with Crippen molar-refractivity contribution in [3.05, 3.63) is 34.9 Å². The van der Waals surface area contributed by atoms with Gasteiger partial charge in [-0.25, -0.2) is 14.4 Å². The third-order valence-corrected chi connectivity index (χ3v) is 12.2. The largest absolute Gasteiger partial charge is 0.462 e. The highest BCUT2D eigenvalue weighted by Gasteiger charge is 2.23. The van der Waals surface area contributed by atoms with E-state index >= 15 is 0 Å². The van der Waals surface area contributed by atoms with Gasteiger partial charge in [-0.05, 0) is 43.4 Å². The van der Waals surface area contributed by atoms with Crippen molar-refractivity contribution in [3.8, 4) is 0 Å². The summed E-state index contributed by atoms with van der Waals surface area (Å²) in [5.74, 6) is -1.32. The van der Waals surface area contributed by atoms with Crippen LogP contribution in [0.15, 0.2) is 18.2 Å². The van der Waals surface area contributed by atoms with Gasteiger partial charge in [0.2, 0.25) is 0 Å². The van der Waals surface area contributed by atoms with Gasteiger partial charge in [0, 0.05) is 0 Å². The molecule has 0 saturated carbocycles. The molecule has 1 unspecified atom stereocenters. The predicted molar refractivity (Wildman–Crippen MR) is 250 cm³/mol. The summed E-state index contributed by atoms with van der Waals surface area (Å²) in [6.45, 7) is 9.77. The van der Waals surface area contributed by atoms with Crippen LogP contribution >= 0.6 is 0 Å². The zero-order valence-corrected chi connectivity index (χ0v) is 39.3. The normalized spacial score (nSPS) is 11.8. The minimum absolute atomic E-state index is 0.0749. The van der Waals surface area contributed by atoms with Crippen LogP contribution in [0.1, 0.15) is 290 Å². The molecule has 1 atom stereocenters. The number of benzene rings is 1. The van der Waals surface area contributed by atoms with Crippen molar-refractivity contribution < 1.29 is 28.6 Å². The molecule has 342 valence electrons. The Morgan fingerprint density at radius 2 is 0.729 bits per heavy atom. The second-order valence-electron chi connectivity index (χ2n) is 17.7. The third kappa shape index (κ3) is 31.2. The molecule has 1 rings (SSSR count). The molecule has 1 aromatic rings. The van der Waals surface area contributed by atoms with Gasteiger partial charge in [0.15, 0.2) is 0 Å². The Hall–Kier alpha value is -2.37. The van der Waals surface area contributed by atoms with Crippen LogP contribution in [0, 0.1) is 5.92 Å². The van der Waals surface area contributed by atoms with Gasteiger partial charge in [0.25, 0.3) is 0 Å². The van der Waals surface area contributed by atoms with Crippen molar-refractivity contribution in [1.82, 2.24) is 0 Å². The first kappa shape index (κ1) is 54.6. The van der Waals surface area contributed by atoms with Gasteiger partial charge in [0.1, 0.15) is 0 Å². The molecule has 0 N–H and O–H groups in total. The maximum atomic E-state index is 13.4. The molecule has 6 heteroatoms. The molecule has 1 aromatic carbocycles. The summed E-state index contributed by atoms with van der Waals surface area (Å²) in [5, 5.41) is 0. The summed E-state index contributed by atoms with van der Waals surface area (Å²) in [6, 6.07) is 4.54. The molecule has 0 radical (unpaired) electrons. The number of ether oxygens (including phenoxy) is 3. The van der Waals surface area contributed by atoms with Gasteiger partial charge in [0.05, 0.1) is 36.5 Å². The molecular weight excluding hydrogens is 733 g/mol. The smallest absolute Gasteiger partial charge is 0.339 e. The van der Waals surface area contributed by atoms with E-state index in [1.165, 1.54) is 179 Å². The summed E-state index contributed by atoms with van der Waals surface area (Å²) in [7, 11) is 0. The topological polar surface area (TPSA) is 78.9 Å². The molecule has 0 aliphatic carbocycles. The van der Waals surface area contributed by atoms with E-state index < -0.39 is 17.9 Å². The SMILES string of the molecule is CCCCCCCCCCCCCCCCCCOC(=O)c1ccc(C(=O)OCC(CC)CCCC)cc1C(=O)OCCCCCCCCCCCCCCCCCC. The van der Waals surface area contributed by atoms with Crippen LogP contribution in [0.5, 0.6) is 0 Å². The average Bonchev–Trinajstić information content (AvgIpc) is 3.25. The fraction of sp³-hybridized carbons (Fsp3) is 0.830. The Morgan fingerprint density at radius 1 is 0.390 bits per heavy atom. The summed E-state index contributed by atoms with van der Waals surface area (Å²) >= 11 is 0. The number of hydrogen-bond donors (Lipinski definition) is 0. The van der Waals surface area contributed by atoms with E-state index in [0.717, 1.165) is 64.2 Å². The van der Waals surface area contributed by atoms with Crippen molar-refractivity contribution in [1.29, 1.82) is 0 Å². The second-order valence-corrected chi connectivity index (χ2v) is 17.7. The Balaban J connectivity index is 2.45. The summed E-state index contributed by atoms with van der Waals surface area (Å²) in [4.78, 5) is 39.7. The van der Waals surface area contributed by atoms with Gasteiger partial charge < -0.3 is 14.2 Å². The lowest BCUT2D eigenvalue weighted by molar-refractivity contribution is 0.0423. The van der Waals surface area contributed by atoms with Crippen LogP contribution in [0.4, 0.5) is 0 Å². The van der Waals surface area contributed by atoms with Gasteiger partial charge in [-0.2, -0.15) is 0 Å². The predicted octanol–water partition coefficient (Wildman–Crippen LogP) is 16.9. The number of hydrogen-bond acceptors (Lipinski definition) is 6. The van der Waals surface area contributed by atoms with Crippen molar-refractivity contribution in [2.75, 3.05) is 19.8 Å².